The lowest BCUT2D eigenvalue weighted by atomic mass is 9.85. The van der Waals surface area contributed by atoms with Crippen molar-refractivity contribution in [1.82, 2.24) is 0 Å². The maximum absolute atomic E-state index is 16.1. The summed E-state index contributed by atoms with van der Waals surface area (Å²) in [5, 5.41) is 14.2. The Morgan fingerprint density at radius 2 is 1.81 bits per heavy atom. The van der Waals surface area contributed by atoms with E-state index in [9.17, 15) is 14.3 Å². The predicted molar refractivity (Wildman–Crippen MR) is 156 cm³/mol. The molecule has 1 amide bonds. The van der Waals surface area contributed by atoms with Crippen molar-refractivity contribution in [1.29, 1.82) is 0 Å². The van der Waals surface area contributed by atoms with Crippen molar-refractivity contribution < 1.29 is 28.2 Å². The first-order chi connectivity index (χ1) is 20.2. The molecule has 0 saturated heterocycles. The fourth-order valence-corrected chi connectivity index (χ4v) is 5.42. The van der Waals surface area contributed by atoms with Gasteiger partial charge in [-0.25, -0.2) is 8.78 Å². The number of aromatic hydroxyl groups is 1. The number of phenols is 1. The zero-order valence-electron chi connectivity index (χ0n) is 23.2. The van der Waals surface area contributed by atoms with Gasteiger partial charge in [0.15, 0.2) is 0 Å². The van der Waals surface area contributed by atoms with Crippen molar-refractivity contribution >= 4 is 17.3 Å². The van der Waals surface area contributed by atoms with Crippen molar-refractivity contribution in [3.05, 3.63) is 131 Å². The number of allylic oxidation sites excluding steroid dienone is 1. The van der Waals surface area contributed by atoms with Crippen LogP contribution in [0.25, 0.3) is 0 Å². The maximum Gasteiger partial charge on any atom is 0.259 e. The molecule has 4 aromatic rings. The molecule has 6 rings (SSSR count). The van der Waals surface area contributed by atoms with Gasteiger partial charge in [0.25, 0.3) is 5.91 Å². The van der Waals surface area contributed by atoms with E-state index < -0.39 is 23.6 Å². The van der Waals surface area contributed by atoms with Gasteiger partial charge in [-0.05, 0) is 54.4 Å². The smallest absolute Gasteiger partial charge is 0.259 e. The molecule has 8 heteroatoms. The van der Waals surface area contributed by atoms with Gasteiger partial charge in [-0.15, -0.1) is 0 Å². The summed E-state index contributed by atoms with van der Waals surface area (Å²) >= 11 is 0. The molecule has 4 aromatic carbocycles. The van der Waals surface area contributed by atoms with Crippen LogP contribution in [0, 0.1) is 17.0 Å². The van der Waals surface area contributed by atoms with Crippen molar-refractivity contribution in [3.63, 3.8) is 0 Å². The number of ether oxygens (including phenoxy) is 2. The number of halogens is 2. The summed E-state index contributed by atoms with van der Waals surface area (Å²) in [5.41, 5.74) is 2.10. The van der Waals surface area contributed by atoms with Crippen LogP contribution in [0.3, 0.4) is 0 Å². The summed E-state index contributed by atoms with van der Waals surface area (Å²) in [6.07, 6.45) is 0.522. The molecule has 42 heavy (non-hydrogen) atoms. The van der Waals surface area contributed by atoms with Gasteiger partial charge in [-0.2, -0.15) is 0 Å². The molecule has 1 atom stereocenters. The van der Waals surface area contributed by atoms with Crippen LogP contribution in [-0.4, -0.2) is 17.6 Å². The van der Waals surface area contributed by atoms with Gasteiger partial charge < -0.3 is 19.9 Å². The van der Waals surface area contributed by atoms with Gasteiger partial charge in [0.05, 0.1) is 18.0 Å². The summed E-state index contributed by atoms with van der Waals surface area (Å²) in [6, 6.07) is 23.1. The van der Waals surface area contributed by atoms with Gasteiger partial charge in [0, 0.05) is 22.6 Å². The van der Waals surface area contributed by atoms with Crippen LogP contribution in [0.4, 0.5) is 20.2 Å². The van der Waals surface area contributed by atoms with Crippen LogP contribution in [-0.2, 0) is 11.3 Å². The zero-order valence-corrected chi connectivity index (χ0v) is 23.2. The van der Waals surface area contributed by atoms with Crippen molar-refractivity contribution in [2.75, 3.05) is 16.8 Å². The Balaban J connectivity index is 1.50. The minimum Gasteiger partial charge on any atom is -0.506 e. The molecule has 0 bridgehead atoms. The Morgan fingerprint density at radius 1 is 1.02 bits per heavy atom. The molecule has 214 valence electrons. The van der Waals surface area contributed by atoms with E-state index in [-0.39, 0.29) is 34.6 Å². The average Bonchev–Trinajstić information content (AvgIpc) is 3.10. The Bertz CT molecular complexity index is 1690. The number of rotatable bonds is 5. The third-order valence-electron chi connectivity index (χ3n) is 7.44. The number of anilines is 2. The number of fused-ring (bicyclic) bond motifs is 1. The highest BCUT2D eigenvalue weighted by Gasteiger charge is 2.43. The molecule has 0 saturated carbocycles. The van der Waals surface area contributed by atoms with Crippen molar-refractivity contribution in [2.45, 2.75) is 32.9 Å². The Hall–Kier alpha value is -4.85. The first-order valence-electron chi connectivity index (χ1n) is 13.7. The number of carbonyl (C=O) groups is 1. The Kier molecular flexibility index (Phi) is 7.06. The highest BCUT2D eigenvalue weighted by atomic mass is 19.1. The predicted octanol–water partition coefficient (Wildman–Crippen LogP) is 7.72. The Morgan fingerprint density at radius 3 is 2.57 bits per heavy atom. The lowest BCUT2D eigenvalue weighted by Gasteiger charge is -2.38. The second-order valence-corrected chi connectivity index (χ2v) is 11.3. The monoisotopic (exact) mass is 568 g/mol. The van der Waals surface area contributed by atoms with E-state index in [0.717, 1.165) is 11.6 Å². The van der Waals surface area contributed by atoms with E-state index >= 15 is 4.39 Å². The Labute approximate surface area is 242 Å². The lowest BCUT2D eigenvalue weighted by Crippen LogP contribution is -2.39. The molecular weight excluding hydrogens is 538 g/mol. The van der Waals surface area contributed by atoms with Gasteiger partial charge in [0.2, 0.25) is 0 Å². The van der Waals surface area contributed by atoms with Crippen LogP contribution in [0.2, 0.25) is 0 Å². The van der Waals surface area contributed by atoms with Gasteiger partial charge in [0.1, 0.15) is 47.2 Å². The quantitative estimate of drug-likeness (QED) is 0.241. The molecule has 0 aliphatic carbocycles. The van der Waals surface area contributed by atoms with E-state index in [1.165, 1.54) is 35.2 Å². The van der Waals surface area contributed by atoms with Gasteiger partial charge >= 0.3 is 0 Å². The standard InChI is InChI=1S/C34H30F2N2O4/c1-34(2)18-27-32(42-20-34)31(25-15-14-24(17-26(25)36)41-19-21-8-4-3-5-9-21)38(28-12-7-13-29(39)30(28)37-27)33(40)22-10-6-11-23(35)16-22/h3-17,31,37,39H,18-20H2,1-2H3. The zero-order chi connectivity index (χ0) is 29.4. The second-order valence-electron chi connectivity index (χ2n) is 11.3. The highest BCUT2D eigenvalue weighted by molar-refractivity contribution is 6.09. The molecule has 2 aliphatic heterocycles. The number of phenolic OH excluding ortho intramolecular Hbond substituents is 1. The molecule has 6 nitrogen and oxygen atoms in total. The number of nitrogens with zero attached hydrogens (tertiary/aromatic N) is 1. The van der Waals surface area contributed by atoms with E-state index in [4.69, 9.17) is 9.47 Å². The molecule has 0 radical (unpaired) electrons. The van der Waals surface area contributed by atoms with Crippen LogP contribution < -0.4 is 15.0 Å². The normalized spacial score (nSPS) is 17.3. The largest absolute Gasteiger partial charge is 0.506 e. The molecule has 2 N–H and O–H groups in total. The van der Waals surface area contributed by atoms with Gasteiger partial charge in [-0.3, -0.25) is 9.69 Å². The summed E-state index contributed by atoms with van der Waals surface area (Å²) in [4.78, 5) is 15.6. The van der Waals surface area contributed by atoms with E-state index in [0.29, 0.717) is 35.9 Å². The summed E-state index contributed by atoms with van der Waals surface area (Å²) in [5.74, 6) is -1.18. The molecule has 2 heterocycles. The fourth-order valence-electron chi connectivity index (χ4n) is 5.42. The molecule has 0 spiro atoms. The summed E-state index contributed by atoms with van der Waals surface area (Å²) < 4.78 is 42.6. The van der Waals surface area contributed by atoms with Crippen LogP contribution >= 0.6 is 0 Å². The summed E-state index contributed by atoms with van der Waals surface area (Å²) in [7, 11) is 0. The number of amides is 1. The van der Waals surface area contributed by atoms with Crippen LogP contribution in [0.1, 0.15) is 47.8 Å². The van der Waals surface area contributed by atoms with Crippen LogP contribution in [0.15, 0.2) is 102 Å². The average molecular weight is 569 g/mol. The third-order valence-corrected chi connectivity index (χ3v) is 7.44. The minimum absolute atomic E-state index is 0.0673. The first kappa shape index (κ1) is 27.3. The second kappa shape index (κ2) is 10.9. The van der Waals surface area contributed by atoms with E-state index in [2.05, 4.69) is 5.32 Å². The fraction of sp³-hybridized carbons (Fsp3) is 0.206. The van der Waals surface area contributed by atoms with Crippen LogP contribution in [0.5, 0.6) is 11.5 Å². The number of nitrogens with one attached hydrogen (secondary N) is 1. The van der Waals surface area contributed by atoms with Crippen molar-refractivity contribution in [2.24, 2.45) is 5.41 Å². The van der Waals surface area contributed by atoms with E-state index in [1.54, 1.807) is 24.3 Å². The maximum atomic E-state index is 16.1. The SMILES string of the molecule is CC1(C)COC2=C(C1)Nc1c(O)cccc1N(C(=O)c1cccc(F)c1)C2c1ccc(OCc2ccccc2)cc1F. The number of carbonyl (C=O) groups excluding carboxylic acids is 1. The molecular formula is C34H30F2N2O4. The number of hydrogen-bond donors (Lipinski definition) is 2. The number of benzene rings is 4. The molecule has 0 aromatic heterocycles. The number of hydrogen-bond acceptors (Lipinski definition) is 5. The van der Waals surface area contributed by atoms with Crippen molar-refractivity contribution in [3.8, 4) is 11.5 Å². The van der Waals surface area contributed by atoms with Gasteiger partial charge in [-0.1, -0.05) is 56.3 Å². The molecule has 0 fully saturated rings. The molecule has 1 unspecified atom stereocenters. The topological polar surface area (TPSA) is 71.0 Å². The first-order valence-corrected chi connectivity index (χ1v) is 13.7. The number of para-hydroxylation sites is 1. The lowest BCUT2D eigenvalue weighted by molar-refractivity contribution is 0.0757. The molecule has 2 aliphatic rings. The highest BCUT2D eigenvalue weighted by Crippen LogP contribution is 2.50. The van der Waals surface area contributed by atoms with E-state index in [1.807, 2.05) is 44.2 Å². The summed E-state index contributed by atoms with van der Waals surface area (Å²) in [6.45, 7) is 4.67. The minimum atomic E-state index is -1.06. The third kappa shape index (κ3) is 5.28.